The molecule has 1 atom stereocenters. The molecule has 5 heteroatoms. The number of carbonyl (C=O) groups excluding carboxylic acids is 1. The quantitative estimate of drug-likeness (QED) is 0.610. The van der Waals surface area contributed by atoms with Crippen LogP contribution in [0.2, 0.25) is 0 Å². The van der Waals surface area contributed by atoms with Gasteiger partial charge in [-0.15, -0.1) is 0 Å². The van der Waals surface area contributed by atoms with Crippen LogP contribution in [0.5, 0.6) is 0 Å². The molecule has 2 amide bonds. The summed E-state index contributed by atoms with van der Waals surface area (Å²) in [6.07, 6.45) is 2.02. The predicted octanol–water partition coefficient (Wildman–Crippen LogP) is 5.56. The van der Waals surface area contributed by atoms with Gasteiger partial charge in [0.2, 0.25) is 0 Å². The fraction of sp³-hybridized carbons (Fsp3) is 0.292. The summed E-state index contributed by atoms with van der Waals surface area (Å²) in [6, 6.07) is 18.0. The van der Waals surface area contributed by atoms with Crippen molar-refractivity contribution in [1.29, 1.82) is 0 Å². The number of benzene rings is 2. The standard InChI is InChI=1S/C24H26FN3O/c1-24(2,3)18-8-12-20(13-9-18)26-23(29)28-16-15-27-14-4-5-21(27)22(28)17-6-10-19(25)11-7-17/h4-14,22H,15-16H2,1-3H3,(H,26,29)/t22-/m0/s1. The molecule has 0 saturated carbocycles. The molecule has 4 rings (SSSR count). The number of nitrogens with zero attached hydrogens (tertiary/aromatic N) is 2. The van der Waals surface area contributed by atoms with Crippen molar-refractivity contribution >= 4 is 11.7 Å². The number of urea groups is 1. The Balaban J connectivity index is 1.60. The Morgan fingerprint density at radius 1 is 1.00 bits per heavy atom. The van der Waals surface area contributed by atoms with Crippen molar-refractivity contribution in [2.45, 2.75) is 38.8 Å². The van der Waals surface area contributed by atoms with E-state index in [4.69, 9.17) is 0 Å². The number of fused-ring (bicyclic) bond motifs is 1. The number of rotatable bonds is 2. The van der Waals surface area contributed by atoms with E-state index in [1.54, 1.807) is 12.1 Å². The first-order valence-electron chi connectivity index (χ1n) is 9.91. The number of hydrogen-bond acceptors (Lipinski definition) is 1. The lowest BCUT2D eigenvalue weighted by atomic mass is 9.87. The molecule has 2 aromatic carbocycles. The van der Waals surface area contributed by atoms with Gasteiger partial charge in [-0.3, -0.25) is 0 Å². The average molecular weight is 391 g/mol. The molecule has 0 radical (unpaired) electrons. The van der Waals surface area contributed by atoms with Gasteiger partial charge in [-0.05, 0) is 52.9 Å². The van der Waals surface area contributed by atoms with E-state index in [0.29, 0.717) is 6.54 Å². The Hall–Kier alpha value is -3.08. The summed E-state index contributed by atoms with van der Waals surface area (Å²) >= 11 is 0. The Labute approximate surface area is 171 Å². The van der Waals surface area contributed by atoms with E-state index in [0.717, 1.165) is 23.5 Å². The first kappa shape index (κ1) is 19.2. The van der Waals surface area contributed by atoms with Gasteiger partial charge in [0.1, 0.15) is 5.82 Å². The van der Waals surface area contributed by atoms with Crippen LogP contribution >= 0.6 is 0 Å². The van der Waals surface area contributed by atoms with Gasteiger partial charge in [0, 0.05) is 30.7 Å². The van der Waals surface area contributed by atoms with E-state index in [-0.39, 0.29) is 23.3 Å². The number of halogens is 1. The van der Waals surface area contributed by atoms with Gasteiger partial charge in [-0.1, -0.05) is 45.0 Å². The van der Waals surface area contributed by atoms with Gasteiger partial charge in [-0.2, -0.15) is 0 Å². The lowest BCUT2D eigenvalue weighted by Crippen LogP contribution is -2.44. The zero-order valence-corrected chi connectivity index (χ0v) is 17.0. The van der Waals surface area contributed by atoms with Crippen molar-refractivity contribution in [3.63, 3.8) is 0 Å². The molecule has 29 heavy (non-hydrogen) atoms. The third kappa shape index (κ3) is 3.90. The van der Waals surface area contributed by atoms with Crippen molar-refractivity contribution in [3.8, 4) is 0 Å². The van der Waals surface area contributed by atoms with Gasteiger partial charge in [-0.25, -0.2) is 9.18 Å². The molecular formula is C24H26FN3O. The molecule has 1 aromatic heterocycles. The van der Waals surface area contributed by atoms with Gasteiger partial charge < -0.3 is 14.8 Å². The van der Waals surface area contributed by atoms with Gasteiger partial charge in [0.15, 0.2) is 0 Å². The highest BCUT2D eigenvalue weighted by Crippen LogP contribution is 2.33. The van der Waals surface area contributed by atoms with Gasteiger partial charge in [0.25, 0.3) is 0 Å². The lowest BCUT2D eigenvalue weighted by Gasteiger charge is -2.37. The molecule has 3 aromatic rings. The van der Waals surface area contributed by atoms with Crippen LogP contribution in [0.4, 0.5) is 14.9 Å². The van der Waals surface area contributed by atoms with Crippen molar-refractivity contribution in [2.24, 2.45) is 0 Å². The van der Waals surface area contributed by atoms with Crippen LogP contribution in [0.1, 0.15) is 43.6 Å². The summed E-state index contributed by atoms with van der Waals surface area (Å²) in [5.41, 5.74) is 3.97. The first-order chi connectivity index (χ1) is 13.8. The zero-order chi connectivity index (χ0) is 20.6. The van der Waals surface area contributed by atoms with Crippen molar-refractivity contribution < 1.29 is 9.18 Å². The second-order valence-corrected chi connectivity index (χ2v) is 8.53. The third-order valence-electron chi connectivity index (χ3n) is 5.49. The number of carbonyl (C=O) groups is 1. The molecule has 0 aliphatic carbocycles. The summed E-state index contributed by atoms with van der Waals surface area (Å²) in [7, 11) is 0. The molecule has 0 spiro atoms. The topological polar surface area (TPSA) is 37.3 Å². The van der Waals surface area contributed by atoms with Crippen molar-refractivity contribution in [2.75, 3.05) is 11.9 Å². The summed E-state index contributed by atoms with van der Waals surface area (Å²) in [6.45, 7) is 7.80. The first-order valence-corrected chi connectivity index (χ1v) is 9.91. The highest BCUT2D eigenvalue weighted by molar-refractivity contribution is 5.90. The Morgan fingerprint density at radius 3 is 2.34 bits per heavy atom. The Morgan fingerprint density at radius 2 is 1.69 bits per heavy atom. The minimum atomic E-state index is -0.283. The number of amides is 2. The smallest absolute Gasteiger partial charge is 0.322 e. The highest BCUT2D eigenvalue weighted by atomic mass is 19.1. The van der Waals surface area contributed by atoms with Gasteiger partial charge in [0.05, 0.1) is 6.04 Å². The average Bonchev–Trinajstić information content (AvgIpc) is 3.16. The molecule has 0 unspecified atom stereocenters. The van der Waals surface area contributed by atoms with Crippen LogP contribution in [0.25, 0.3) is 0 Å². The fourth-order valence-electron chi connectivity index (χ4n) is 3.85. The summed E-state index contributed by atoms with van der Waals surface area (Å²) in [4.78, 5) is 15.0. The van der Waals surface area contributed by atoms with Gasteiger partial charge >= 0.3 is 6.03 Å². The normalized spacial score (nSPS) is 16.4. The molecule has 1 N–H and O–H groups in total. The number of aromatic nitrogens is 1. The van der Waals surface area contributed by atoms with E-state index >= 15 is 0 Å². The number of anilines is 1. The Bertz CT molecular complexity index is 1000. The van der Waals surface area contributed by atoms with Crippen LogP contribution in [0.15, 0.2) is 66.9 Å². The maximum absolute atomic E-state index is 13.5. The van der Waals surface area contributed by atoms with Crippen LogP contribution in [-0.4, -0.2) is 22.0 Å². The third-order valence-corrected chi connectivity index (χ3v) is 5.49. The minimum Gasteiger partial charge on any atom is -0.348 e. The second-order valence-electron chi connectivity index (χ2n) is 8.53. The monoisotopic (exact) mass is 391 g/mol. The molecule has 2 heterocycles. The summed E-state index contributed by atoms with van der Waals surface area (Å²) in [5.74, 6) is -0.283. The van der Waals surface area contributed by atoms with Crippen LogP contribution < -0.4 is 5.32 Å². The maximum atomic E-state index is 13.5. The van der Waals surface area contributed by atoms with E-state index in [2.05, 4.69) is 42.8 Å². The van der Waals surface area contributed by atoms with Crippen LogP contribution in [-0.2, 0) is 12.0 Å². The fourth-order valence-corrected chi connectivity index (χ4v) is 3.85. The maximum Gasteiger partial charge on any atom is 0.322 e. The summed E-state index contributed by atoms with van der Waals surface area (Å²) in [5, 5.41) is 3.03. The second kappa shape index (κ2) is 7.39. The number of hydrogen-bond donors (Lipinski definition) is 1. The molecule has 4 nitrogen and oxygen atoms in total. The van der Waals surface area contributed by atoms with Crippen molar-refractivity contribution in [1.82, 2.24) is 9.47 Å². The van der Waals surface area contributed by atoms with E-state index < -0.39 is 0 Å². The van der Waals surface area contributed by atoms with Crippen molar-refractivity contribution in [3.05, 3.63) is 89.5 Å². The lowest BCUT2D eigenvalue weighted by molar-refractivity contribution is 0.182. The van der Waals surface area contributed by atoms with E-state index in [9.17, 15) is 9.18 Å². The van der Waals surface area contributed by atoms with E-state index in [1.807, 2.05) is 35.4 Å². The molecular weight excluding hydrogens is 365 g/mol. The zero-order valence-electron chi connectivity index (χ0n) is 17.0. The van der Waals surface area contributed by atoms with Crippen LogP contribution in [0.3, 0.4) is 0 Å². The van der Waals surface area contributed by atoms with E-state index in [1.165, 1.54) is 17.7 Å². The molecule has 1 aliphatic heterocycles. The minimum absolute atomic E-state index is 0.0640. The molecule has 0 bridgehead atoms. The largest absolute Gasteiger partial charge is 0.348 e. The number of nitrogens with one attached hydrogen (secondary N) is 1. The molecule has 0 fully saturated rings. The summed E-state index contributed by atoms with van der Waals surface area (Å²) < 4.78 is 15.6. The Kier molecular flexibility index (Phi) is 4.91. The molecule has 0 saturated heterocycles. The highest BCUT2D eigenvalue weighted by Gasteiger charge is 2.32. The predicted molar refractivity (Wildman–Crippen MR) is 114 cm³/mol. The molecule has 150 valence electrons. The SMILES string of the molecule is CC(C)(C)c1ccc(NC(=O)N2CCn3cccc3[C@@H]2c2ccc(F)cc2)cc1. The molecule has 1 aliphatic rings. The van der Waals surface area contributed by atoms with Crippen LogP contribution in [0, 0.1) is 5.82 Å².